The first-order valence-electron chi connectivity index (χ1n) is 5.53. The lowest BCUT2D eigenvalue weighted by Crippen LogP contribution is -2.21. The Hall–Kier alpha value is -1.84. The molecule has 2 N–H and O–H groups in total. The van der Waals surface area contributed by atoms with Crippen molar-refractivity contribution >= 4 is 17.6 Å². The fourth-order valence-electron chi connectivity index (χ4n) is 2.13. The number of hydrogen-bond acceptors (Lipinski definition) is 2. The van der Waals surface area contributed by atoms with E-state index in [1.54, 1.807) is 0 Å². The second-order valence-corrected chi connectivity index (χ2v) is 5.05. The van der Waals surface area contributed by atoms with Crippen molar-refractivity contribution in [1.29, 1.82) is 0 Å². The average molecular weight is 233 g/mol. The molecule has 1 heterocycles. The van der Waals surface area contributed by atoms with E-state index in [4.69, 9.17) is 5.11 Å². The molecule has 0 atom stereocenters. The zero-order valence-corrected chi connectivity index (χ0v) is 9.91. The van der Waals surface area contributed by atoms with E-state index in [1.807, 2.05) is 32.0 Å². The van der Waals surface area contributed by atoms with Crippen LogP contribution in [0.15, 0.2) is 18.2 Å². The zero-order valence-electron chi connectivity index (χ0n) is 9.91. The van der Waals surface area contributed by atoms with Crippen LogP contribution in [0.2, 0.25) is 0 Å². The maximum atomic E-state index is 11.2. The molecular formula is C13H15NO3. The van der Waals surface area contributed by atoms with Crippen molar-refractivity contribution in [2.45, 2.75) is 32.1 Å². The van der Waals surface area contributed by atoms with Crippen LogP contribution in [-0.4, -0.2) is 17.0 Å². The van der Waals surface area contributed by atoms with Gasteiger partial charge in [0.15, 0.2) is 0 Å². The summed E-state index contributed by atoms with van der Waals surface area (Å²) in [7, 11) is 0. The van der Waals surface area contributed by atoms with E-state index < -0.39 is 11.4 Å². The number of carboxylic acids is 1. The molecule has 0 aromatic heterocycles. The van der Waals surface area contributed by atoms with Gasteiger partial charge in [0.05, 0.1) is 12.8 Å². The van der Waals surface area contributed by atoms with Gasteiger partial charge in [-0.3, -0.25) is 9.59 Å². The Morgan fingerprint density at radius 1 is 1.47 bits per heavy atom. The minimum absolute atomic E-state index is 0.00630. The molecule has 1 aromatic carbocycles. The molecule has 17 heavy (non-hydrogen) atoms. The summed E-state index contributed by atoms with van der Waals surface area (Å²) in [4.78, 5) is 22.0. The minimum Gasteiger partial charge on any atom is -0.481 e. The van der Waals surface area contributed by atoms with Crippen LogP contribution in [0.25, 0.3) is 0 Å². The third kappa shape index (κ3) is 2.30. The van der Waals surface area contributed by atoms with Crippen molar-refractivity contribution in [3.8, 4) is 0 Å². The maximum absolute atomic E-state index is 11.2. The molecule has 1 amide bonds. The van der Waals surface area contributed by atoms with Crippen molar-refractivity contribution in [3.05, 3.63) is 29.3 Å². The number of amides is 1. The largest absolute Gasteiger partial charge is 0.481 e. The van der Waals surface area contributed by atoms with E-state index in [1.165, 1.54) is 0 Å². The Bertz CT molecular complexity index is 491. The first-order valence-corrected chi connectivity index (χ1v) is 5.53. The molecule has 1 aliphatic heterocycles. The van der Waals surface area contributed by atoms with Gasteiger partial charge < -0.3 is 10.4 Å². The van der Waals surface area contributed by atoms with Crippen LogP contribution >= 0.6 is 0 Å². The molecule has 0 spiro atoms. The number of anilines is 1. The minimum atomic E-state index is -0.815. The highest BCUT2D eigenvalue weighted by molar-refractivity contribution is 5.99. The van der Waals surface area contributed by atoms with Crippen LogP contribution in [0, 0.1) is 0 Å². The van der Waals surface area contributed by atoms with Crippen LogP contribution in [0.5, 0.6) is 0 Å². The van der Waals surface area contributed by atoms with E-state index in [9.17, 15) is 9.59 Å². The quantitative estimate of drug-likeness (QED) is 0.838. The Labute approximate surface area is 99.6 Å². The van der Waals surface area contributed by atoms with Crippen molar-refractivity contribution in [3.63, 3.8) is 0 Å². The number of nitrogens with one attached hydrogen (secondary N) is 1. The molecule has 0 bridgehead atoms. The molecule has 2 rings (SSSR count). The van der Waals surface area contributed by atoms with Crippen LogP contribution < -0.4 is 5.32 Å². The highest BCUT2D eigenvalue weighted by atomic mass is 16.4. The van der Waals surface area contributed by atoms with E-state index in [2.05, 4.69) is 5.32 Å². The molecule has 1 aliphatic rings. The van der Waals surface area contributed by atoms with Gasteiger partial charge in [-0.05, 0) is 17.2 Å². The topological polar surface area (TPSA) is 66.4 Å². The predicted octanol–water partition coefficient (Wildman–Crippen LogP) is 1.93. The first kappa shape index (κ1) is 11.6. The van der Waals surface area contributed by atoms with Crippen molar-refractivity contribution in [2.24, 2.45) is 0 Å². The fourth-order valence-corrected chi connectivity index (χ4v) is 2.13. The van der Waals surface area contributed by atoms with Crippen molar-refractivity contribution in [2.75, 3.05) is 5.32 Å². The lowest BCUT2D eigenvalue weighted by atomic mass is 9.81. The van der Waals surface area contributed by atoms with E-state index in [-0.39, 0.29) is 12.3 Å². The lowest BCUT2D eigenvalue weighted by Gasteiger charge is -2.23. The number of hydrogen-bond donors (Lipinski definition) is 2. The van der Waals surface area contributed by atoms with E-state index >= 15 is 0 Å². The van der Waals surface area contributed by atoms with Crippen molar-refractivity contribution in [1.82, 2.24) is 0 Å². The SMILES string of the molecule is CC(C)(CC(=O)O)c1ccc2c(c1)CC(=O)N2. The third-order valence-corrected chi connectivity index (χ3v) is 3.10. The summed E-state index contributed by atoms with van der Waals surface area (Å²) < 4.78 is 0. The fraction of sp³-hybridized carbons (Fsp3) is 0.385. The maximum Gasteiger partial charge on any atom is 0.304 e. The number of rotatable bonds is 3. The summed E-state index contributed by atoms with van der Waals surface area (Å²) in [6.07, 6.45) is 0.458. The number of carbonyl (C=O) groups is 2. The monoisotopic (exact) mass is 233 g/mol. The molecule has 0 saturated heterocycles. The Kier molecular flexibility index (Phi) is 2.65. The summed E-state index contributed by atoms with van der Waals surface area (Å²) in [5, 5.41) is 11.6. The predicted molar refractivity (Wildman–Crippen MR) is 64.1 cm³/mol. The van der Waals surface area contributed by atoms with Crippen LogP contribution in [0.1, 0.15) is 31.4 Å². The van der Waals surface area contributed by atoms with Gasteiger partial charge in [-0.15, -0.1) is 0 Å². The molecule has 0 unspecified atom stereocenters. The summed E-state index contributed by atoms with van der Waals surface area (Å²) in [5.41, 5.74) is 2.32. The van der Waals surface area contributed by atoms with E-state index in [0.717, 1.165) is 16.8 Å². The number of fused-ring (bicyclic) bond motifs is 1. The van der Waals surface area contributed by atoms with Crippen LogP contribution in [0.4, 0.5) is 5.69 Å². The second kappa shape index (κ2) is 3.87. The third-order valence-electron chi connectivity index (χ3n) is 3.10. The molecule has 90 valence electrons. The normalized spacial score (nSPS) is 14.4. The molecule has 0 aliphatic carbocycles. The van der Waals surface area contributed by atoms with Gasteiger partial charge in [0.25, 0.3) is 0 Å². The van der Waals surface area contributed by atoms with Gasteiger partial charge in [0.1, 0.15) is 0 Å². The highest BCUT2D eigenvalue weighted by Crippen LogP contribution is 2.32. The lowest BCUT2D eigenvalue weighted by molar-refractivity contribution is -0.138. The summed E-state index contributed by atoms with van der Waals surface area (Å²) in [6.45, 7) is 3.79. The number of carbonyl (C=O) groups excluding carboxylic acids is 1. The van der Waals surface area contributed by atoms with Gasteiger partial charge in [-0.2, -0.15) is 0 Å². The van der Waals surface area contributed by atoms with E-state index in [0.29, 0.717) is 6.42 Å². The molecule has 4 heteroatoms. The highest BCUT2D eigenvalue weighted by Gasteiger charge is 2.26. The Balaban J connectivity index is 2.32. The number of aliphatic carboxylic acids is 1. The molecule has 4 nitrogen and oxygen atoms in total. The summed E-state index contributed by atoms with van der Waals surface area (Å²) in [6, 6.07) is 5.66. The standard InChI is InChI=1S/C13H15NO3/c1-13(2,7-12(16)17)9-3-4-10-8(5-9)6-11(15)14-10/h3-5H,6-7H2,1-2H3,(H,14,15)(H,16,17). The average Bonchev–Trinajstić information content (AvgIpc) is 2.54. The van der Waals surface area contributed by atoms with Crippen LogP contribution in [-0.2, 0) is 21.4 Å². The Morgan fingerprint density at radius 2 is 2.18 bits per heavy atom. The summed E-state index contributed by atoms with van der Waals surface area (Å²) >= 11 is 0. The van der Waals surface area contributed by atoms with Gasteiger partial charge in [0, 0.05) is 11.1 Å². The molecule has 1 aromatic rings. The van der Waals surface area contributed by atoms with Crippen LogP contribution in [0.3, 0.4) is 0 Å². The number of carboxylic acid groups (broad SMARTS) is 1. The smallest absolute Gasteiger partial charge is 0.304 e. The molecule has 0 saturated carbocycles. The molecule has 0 fully saturated rings. The van der Waals surface area contributed by atoms with Gasteiger partial charge in [-0.1, -0.05) is 26.0 Å². The Morgan fingerprint density at radius 3 is 2.82 bits per heavy atom. The zero-order chi connectivity index (χ0) is 12.6. The van der Waals surface area contributed by atoms with Gasteiger partial charge >= 0.3 is 5.97 Å². The molecular weight excluding hydrogens is 218 g/mol. The number of benzene rings is 1. The van der Waals surface area contributed by atoms with Gasteiger partial charge in [0.2, 0.25) is 5.91 Å². The van der Waals surface area contributed by atoms with Crippen molar-refractivity contribution < 1.29 is 14.7 Å². The molecule has 0 radical (unpaired) electrons. The first-order chi connectivity index (χ1) is 7.88. The second-order valence-electron chi connectivity index (χ2n) is 5.05. The summed E-state index contributed by atoms with van der Waals surface area (Å²) in [5.74, 6) is -0.821. The van der Waals surface area contributed by atoms with Gasteiger partial charge in [-0.25, -0.2) is 0 Å².